The smallest absolute Gasteiger partial charge is 0.416 e. The minimum atomic E-state index is -4.55. The van der Waals surface area contributed by atoms with E-state index in [4.69, 9.17) is 4.74 Å². The lowest BCUT2D eigenvalue weighted by Crippen LogP contribution is -2.32. The Kier molecular flexibility index (Phi) is 6.40. The number of benzene rings is 3. The van der Waals surface area contributed by atoms with E-state index < -0.39 is 23.6 Å². The van der Waals surface area contributed by atoms with E-state index in [2.05, 4.69) is 5.32 Å². The fourth-order valence-corrected chi connectivity index (χ4v) is 3.58. The molecule has 0 atom stereocenters. The van der Waals surface area contributed by atoms with E-state index in [0.717, 1.165) is 23.5 Å². The SMILES string of the molecule is CCCOc1ccc(C2=C(Nc3cccc(C(F)(F)F)c3)C(=O)N(c3ccccc3)C2=O)cc1. The summed E-state index contributed by atoms with van der Waals surface area (Å²) in [6.07, 6.45) is -3.72. The van der Waals surface area contributed by atoms with Crippen LogP contribution in [-0.4, -0.2) is 18.4 Å². The average molecular weight is 466 g/mol. The third-order valence-electron chi connectivity index (χ3n) is 5.17. The van der Waals surface area contributed by atoms with Crippen LogP contribution in [0.15, 0.2) is 84.6 Å². The maximum absolute atomic E-state index is 13.4. The number of alkyl halides is 3. The summed E-state index contributed by atoms with van der Waals surface area (Å²) in [6, 6.07) is 19.5. The molecular formula is C26H21F3N2O3. The number of halogens is 3. The molecule has 0 unspecified atom stereocenters. The second-order valence-corrected chi connectivity index (χ2v) is 7.61. The van der Waals surface area contributed by atoms with Crippen LogP contribution in [0.3, 0.4) is 0 Å². The second kappa shape index (κ2) is 9.43. The van der Waals surface area contributed by atoms with Gasteiger partial charge in [0.25, 0.3) is 11.8 Å². The first-order chi connectivity index (χ1) is 16.3. The van der Waals surface area contributed by atoms with Crippen molar-refractivity contribution in [1.82, 2.24) is 0 Å². The van der Waals surface area contributed by atoms with Crippen LogP contribution < -0.4 is 15.0 Å². The summed E-state index contributed by atoms with van der Waals surface area (Å²) in [5.74, 6) is -0.627. The van der Waals surface area contributed by atoms with Gasteiger partial charge in [0, 0.05) is 5.69 Å². The molecule has 1 aliphatic rings. The van der Waals surface area contributed by atoms with Crippen molar-refractivity contribution < 1.29 is 27.5 Å². The van der Waals surface area contributed by atoms with Crippen LogP contribution in [0.4, 0.5) is 24.5 Å². The largest absolute Gasteiger partial charge is 0.494 e. The van der Waals surface area contributed by atoms with Crippen molar-refractivity contribution in [1.29, 1.82) is 0 Å². The maximum Gasteiger partial charge on any atom is 0.416 e. The van der Waals surface area contributed by atoms with Crippen molar-refractivity contribution in [3.05, 3.63) is 95.7 Å². The zero-order valence-corrected chi connectivity index (χ0v) is 18.2. The average Bonchev–Trinajstić information content (AvgIpc) is 3.07. The van der Waals surface area contributed by atoms with Gasteiger partial charge in [-0.25, -0.2) is 4.90 Å². The number of anilines is 2. The molecular weight excluding hydrogens is 445 g/mol. The molecule has 4 rings (SSSR count). The molecule has 1 N–H and O–H groups in total. The predicted molar refractivity (Wildman–Crippen MR) is 123 cm³/mol. The molecule has 0 aliphatic carbocycles. The first-order valence-electron chi connectivity index (χ1n) is 10.6. The summed E-state index contributed by atoms with van der Waals surface area (Å²) in [7, 11) is 0. The van der Waals surface area contributed by atoms with Crippen LogP contribution in [0.1, 0.15) is 24.5 Å². The first kappa shape index (κ1) is 23.1. The molecule has 3 aromatic carbocycles. The van der Waals surface area contributed by atoms with Gasteiger partial charge >= 0.3 is 6.18 Å². The van der Waals surface area contributed by atoms with Crippen LogP contribution in [0, 0.1) is 0 Å². The quantitative estimate of drug-likeness (QED) is 0.441. The van der Waals surface area contributed by atoms with Crippen molar-refractivity contribution in [2.45, 2.75) is 19.5 Å². The van der Waals surface area contributed by atoms with E-state index in [1.807, 2.05) is 6.92 Å². The van der Waals surface area contributed by atoms with Crippen molar-refractivity contribution in [2.75, 3.05) is 16.8 Å². The van der Waals surface area contributed by atoms with Gasteiger partial charge < -0.3 is 10.1 Å². The van der Waals surface area contributed by atoms with Crippen LogP contribution in [0.5, 0.6) is 5.75 Å². The molecule has 0 saturated carbocycles. The zero-order chi connectivity index (χ0) is 24.3. The lowest BCUT2D eigenvalue weighted by Gasteiger charge is -2.15. The third kappa shape index (κ3) is 4.66. The Morgan fingerprint density at radius 3 is 2.24 bits per heavy atom. The predicted octanol–water partition coefficient (Wildman–Crippen LogP) is 5.89. The number of rotatable bonds is 7. The number of nitrogens with zero attached hydrogens (tertiary/aromatic N) is 1. The van der Waals surface area contributed by atoms with Crippen LogP contribution in [0.25, 0.3) is 5.57 Å². The van der Waals surface area contributed by atoms with Gasteiger partial charge in [-0.2, -0.15) is 13.2 Å². The number of amides is 2. The molecule has 3 aromatic rings. The molecule has 1 heterocycles. The van der Waals surface area contributed by atoms with E-state index in [1.54, 1.807) is 54.6 Å². The highest BCUT2D eigenvalue weighted by molar-refractivity contribution is 6.46. The van der Waals surface area contributed by atoms with Crippen molar-refractivity contribution >= 4 is 28.8 Å². The summed E-state index contributed by atoms with van der Waals surface area (Å²) < 4.78 is 45.1. The topological polar surface area (TPSA) is 58.6 Å². The Morgan fingerprint density at radius 1 is 0.882 bits per heavy atom. The Morgan fingerprint density at radius 2 is 1.59 bits per heavy atom. The zero-order valence-electron chi connectivity index (χ0n) is 18.2. The van der Waals surface area contributed by atoms with Crippen molar-refractivity contribution in [3.8, 4) is 5.75 Å². The fourth-order valence-electron chi connectivity index (χ4n) is 3.58. The van der Waals surface area contributed by atoms with E-state index in [1.165, 1.54) is 12.1 Å². The number of nitrogens with one attached hydrogen (secondary N) is 1. The van der Waals surface area contributed by atoms with Gasteiger partial charge in [0.15, 0.2) is 0 Å². The Balaban J connectivity index is 1.76. The van der Waals surface area contributed by atoms with E-state index in [0.29, 0.717) is 23.6 Å². The number of hydrogen-bond acceptors (Lipinski definition) is 4. The lowest BCUT2D eigenvalue weighted by molar-refractivity contribution is -0.137. The number of hydrogen-bond donors (Lipinski definition) is 1. The Bertz CT molecular complexity index is 1240. The Hall–Kier alpha value is -4.07. The minimum Gasteiger partial charge on any atom is -0.494 e. The van der Waals surface area contributed by atoms with Crippen molar-refractivity contribution in [3.63, 3.8) is 0 Å². The van der Waals surface area contributed by atoms with Crippen molar-refractivity contribution in [2.24, 2.45) is 0 Å². The van der Waals surface area contributed by atoms with Gasteiger partial charge in [0.2, 0.25) is 0 Å². The van der Waals surface area contributed by atoms with E-state index in [9.17, 15) is 22.8 Å². The normalized spacial score (nSPS) is 14.1. The van der Waals surface area contributed by atoms with E-state index >= 15 is 0 Å². The van der Waals surface area contributed by atoms with Gasteiger partial charge in [-0.1, -0.05) is 43.3 Å². The summed E-state index contributed by atoms with van der Waals surface area (Å²) in [5.41, 5.74) is -0.0624. The molecule has 0 bridgehead atoms. The third-order valence-corrected chi connectivity index (χ3v) is 5.17. The molecule has 174 valence electrons. The van der Waals surface area contributed by atoms with Crippen LogP contribution in [-0.2, 0) is 15.8 Å². The number of para-hydroxylation sites is 1. The lowest BCUT2D eigenvalue weighted by atomic mass is 10.0. The minimum absolute atomic E-state index is 0.0429. The highest BCUT2D eigenvalue weighted by atomic mass is 19.4. The van der Waals surface area contributed by atoms with E-state index in [-0.39, 0.29) is 17.0 Å². The number of carbonyl (C=O) groups excluding carboxylic acids is 2. The molecule has 0 spiro atoms. The van der Waals surface area contributed by atoms with Gasteiger partial charge in [0.05, 0.1) is 23.4 Å². The van der Waals surface area contributed by atoms with Gasteiger partial charge in [-0.3, -0.25) is 9.59 Å². The standard InChI is InChI=1S/C26H21F3N2O3/c1-2-15-34-21-13-11-17(12-14-21)22-23(30-19-8-6-7-18(16-19)26(27,28)29)25(33)31(24(22)32)20-9-4-3-5-10-20/h3-14,16,30H,2,15H2,1H3. The summed E-state index contributed by atoms with van der Waals surface area (Å²) in [6.45, 7) is 2.51. The summed E-state index contributed by atoms with van der Waals surface area (Å²) >= 11 is 0. The molecule has 34 heavy (non-hydrogen) atoms. The van der Waals surface area contributed by atoms with Crippen LogP contribution in [0.2, 0.25) is 0 Å². The number of ether oxygens (including phenoxy) is 1. The molecule has 2 amide bonds. The molecule has 1 aliphatic heterocycles. The maximum atomic E-state index is 13.4. The van der Waals surface area contributed by atoms with Gasteiger partial charge in [-0.05, 0) is 54.4 Å². The summed E-state index contributed by atoms with van der Waals surface area (Å²) in [5, 5.41) is 2.77. The monoisotopic (exact) mass is 466 g/mol. The molecule has 0 radical (unpaired) electrons. The highest BCUT2D eigenvalue weighted by Gasteiger charge is 2.40. The number of imide groups is 1. The molecule has 0 fully saturated rings. The van der Waals surface area contributed by atoms with Crippen LogP contribution >= 0.6 is 0 Å². The molecule has 5 nitrogen and oxygen atoms in total. The molecule has 0 aromatic heterocycles. The molecule has 0 saturated heterocycles. The fraction of sp³-hybridized carbons (Fsp3) is 0.154. The van der Waals surface area contributed by atoms with Gasteiger partial charge in [0.1, 0.15) is 11.4 Å². The number of carbonyl (C=O) groups is 2. The van der Waals surface area contributed by atoms with Gasteiger partial charge in [-0.15, -0.1) is 0 Å². The first-order valence-corrected chi connectivity index (χ1v) is 10.6. The highest BCUT2D eigenvalue weighted by Crippen LogP contribution is 2.36. The Labute approximate surface area is 194 Å². The summed E-state index contributed by atoms with van der Waals surface area (Å²) in [4.78, 5) is 27.7. The molecule has 8 heteroatoms. The second-order valence-electron chi connectivity index (χ2n) is 7.61.